The van der Waals surface area contributed by atoms with Gasteiger partial charge >= 0.3 is 18.0 Å². The van der Waals surface area contributed by atoms with Crippen LogP contribution in [0, 0.1) is 0 Å². The van der Waals surface area contributed by atoms with E-state index in [-0.39, 0.29) is 18.5 Å². The molecular weight excluding hydrogens is 342 g/mol. The van der Waals surface area contributed by atoms with E-state index in [4.69, 9.17) is 20.5 Å². The van der Waals surface area contributed by atoms with E-state index in [1.165, 1.54) is 0 Å². The number of carboxylic acid groups (broad SMARTS) is 2. The fourth-order valence-electron chi connectivity index (χ4n) is 1.60. The molecule has 0 saturated heterocycles. The third kappa shape index (κ3) is 6.83. The lowest BCUT2D eigenvalue weighted by Gasteiger charge is -2.12. The molecule has 12 heteroatoms. The lowest BCUT2D eigenvalue weighted by molar-refractivity contribution is -0.145. The molecule has 0 radical (unpaired) electrons. The highest BCUT2D eigenvalue weighted by atomic mass is 32.2. The van der Waals surface area contributed by atoms with Gasteiger partial charge in [-0.15, -0.1) is 0 Å². The van der Waals surface area contributed by atoms with E-state index in [1.54, 1.807) is 11.8 Å². The lowest BCUT2D eigenvalue weighted by Crippen LogP contribution is -2.46. The molecule has 0 fully saturated rings. The van der Waals surface area contributed by atoms with E-state index in [9.17, 15) is 14.4 Å². The molecule has 1 heterocycles. The maximum absolute atomic E-state index is 11.6. The van der Waals surface area contributed by atoms with Crippen LogP contribution in [0.4, 0.5) is 4.79 Å². The molecule has 1 aromatic heterocycles. The molecule has 0 aliphatic rings. The van der Waals surface area contributed by atoms with Crippen LogP contribution in [-0.4, -0.2) is 56.4 Å². The predicted molar refractivity (Wildman–Crippen MR) is 83.3 cm³/mol. The summed E-state index contributed by atoms with van der Waals surface area (Å²) in [5, 5.41) is 25.5. The summed E-state index contributed by atoms with van der Waals surface area (Å²) >= 11 is 1.64. The van der Waals surface area contributed by atoms with Gasteiger partial charge in [0.1, 0.15) is 6.04 Å². The highest BCUT2D eigenvalue weighted by molar-refractivity contribution is 7.98. The number of carboxylic acids is 2. The zero-order valence-corrected chi connectivity index (χ0v) is 13.7. The summed E-state index contributed by atoms with van der Waals surface area (Å²) in [7, 11) is 0. The molecule has 0 bridgehead atoms. The molecule has 0 aromatic carbocycles. The monoisotopic (exact) mass is 361 g/mol. The van der Waals surface area contributed by atoms with Gasteiger partial charge in [0.05, 0.1) is 19.0 Å². The maximum atomic E-state index is 11.6. The van der Waals surface area contributed by atoms with Gasteiger partial charge < -0.3 is 31.1 Å². The molecule has 24 heavy (non-hydrogen) atoms. The molecule has 2 unspecified atom stereocenters. The van der Waals surface area contributed by atoms with Crippen LogP contribution in [0.1, 0.15) is 30.6 Å². The normalized spacial score (nSPS) is 13.1. The molecule has 1 rings (SSSR count). The van der Waals surface area contributed by atoms with Crippen molar-refractivity contribution in [3.63, 3.8) is 0 Å². The van der Waals surface area contributed by atoms with Crippen LogP contribution >= 0.6 is 11.8 Å². The second kappa shape index (κ2) is 9.72. The Morgan fingerprint density at radius 2 is 2.08 bits per heavy atom. The average molecular weight is 361 g/mol. The van der Waals surface area contributed by atoms with Gasteiger partial charge in [0.2, 0.25) is 5.89 Å². The van der Waals surface area contributed by atoms with Crippen LogP contribution < -0.4 is 16.4 Å². The standard InChI is InChI=1S/C12H19N5O6S/c1-24-3-2-6(13)10-16-8(23-17-10)5-14-12(22)15-7(11(20)21)4-9(18)19/h6-7H,2-5,13H2,1H3,(H,18,19)(H,20,21)(H2,14,15,22). The molecule has 0 saturated carbocycles. The molecule has 6 N–H and O–H groups in total. The molecule has 0 aliphatic carbocycles. The van der Waals surface area contributed by atoms with Crippen molar-refractivity contribution < 1.29 is 29.1 Å². The third-order valence-corrected chi connectivity index (χ3v) is 3.47. The quantitative estimate of drug-likeness (QED) is 0.366. The topological polar surface area (TPSA) is 181 Å². The van der Waals surface area contributed by atoms with E-state index in [1.807, 2.05) is 11.6 Å². The van der Waals surface area contributed by atoms with E-state index in [0.717, 1.165) is 5.75 Å². The van der Waals surface area contributed by atoms with Gasteiger partial charge in [-0.25, -0.2) is 9.59 Å². The summed E-state index contributed by atoms with van der Waals surface area (Å²) in [6.45, 7) is -0.145. The van der Waals surface area contributed by atoms with Crippen molar-refractivity contribution in [2.75, 3.05) is 12.0 Å². The number of nitrogens with zero attached hydrogens (tertiary/aromatic N) is 2. The summed E-state index contributed by atoms with van der Waals surface area (Å²) in [4.78, 5) is 37.0. The number of carbonyl (C=O) groups is 3. The molecule has 11 nitrogen and oxygen atoms in total. The van der Waals surface area contributed by atoms with Gasteiger partial charge in [-0.3, -0.25) is 4.79 Å². The number of rotatable bonds is 10. The Balaban J connectivity index is 2.48. The summed E-state index contributed by atoms with van der Waals surface area (Å²) in [5.74, 6) is -1.54. The van der Waals surface area contributed by atoms with Crippen molar-refractivity contribution in [2.24, 2.45) is 5.73 Å². The van der Waals surface area contributed by atoms with Crippen molar-refractivity contribution in [3.8, 4) is 0 Å². The second-order valence-electron chi connectivity index (χ2n) is 4.75. The van der Waals surface area contributed by atoms with Crippen LogP contribution in [0.15, 0.2) is 4.52 Å². The zero-order chi connectivity index (χ0) is 18.1. The van der Waals surface area contributed by atoms with Crippen molar-refractivity contribution in [1.82, 2.24) is 20.8 Å². The van der Waals surface area contributed by atoms with Crippen LogP contribution in [0.25, 0.3) is 0 Å². The summed E-state index contributed by atoms with van der Waals surface area (Å²) in [6, 6.07) is -2.79. The second-order valence-corrected chi connectivity index (χ2v) is 5.74. The molecule has 134 valence electrons. The zero-order valence-electron chi connectivity index (χ0n) is 12.9. The number of carbonyl (C=O) groups excluding carboxylic acids is 1. The fraction of sp³-hybridized carbons (Fsp3) is 0.583. The SMILES string of the molecule is CSCCC(N)c1noc(CNC(=O)NC(CC(=O)O)C(=O)O)n1. The molecule has 0 aliphatic heterocycles. The van der Waals surface area contributed by atoms with E-state index < -0.39 is 30.4 Å². The van der Waals surface area contributed by atoms with Crippen molar-refractivity contribution in [2.45, 2.75) is 31.5 Å². The Hall–Kier alpha value is -2.34. The smallest absolute Gasteiger partial charge is 0.326 e. The minimum absolute atomic E-state index is 0.102. The van der Waals surface area contributed by atoms with Gasteiger partial charge in [-0.2, -0.15) is 16.7 Å². The number of aromatic nitrogens is 2. The molecule has 1 aromatic rings. The maximum Gasteiger partial charge on any atom is 0.326 e. The Kier molecular flexibility index (Phi) is 7.98. The molecule has 2 atom stereocenters. The third-order valence-electron chi connectivity index (χ3n) is 2.83. The lowest BCUT2D eigenvalue weighted by atomic mass is 10.2. The first-order chi connectivity index (χ1) is 11.3. The Morgan fingerprint density at radius 1 is 1.38 bits per heavy atom. The molecule has 0 spiro atoms. The predicted octanol–water partition coefficient (Wildman–Crippen LogP) is -0.450. The number of thioether (sulfide) groups is 1. The summed E-state index contributed by atoms with van der Waals surface area (Å²) in [6.07, 6.45) is 1.88. The largest absolute Gasteiger partial charge is 0.481 e. The Bertz CT molecular complexity index is 580. The molecular formula is C12H19N5O6S. The highest BCUT2D eigenvalue weighted by Crippen LogP contribution is 2.12. The van der Waals surface area contributed by atoms with Gasteiger partial charge in [0.15, 0.2) is 5.82 Å². The highest BCUT2D eigenvalue weighted by Gasteiger charge is 2.23. The molecule has 2 amide bonds. The average Bonchev–Trinajstić information content (AvgIpc) is 2.98. The van der Waals surface area contributed by atoms with Crippen LogP contribution in [-0.2, 0) is 16.1 Å². The number of amides is 2. The number of urea groups is 1. The van der Waals surface area contributed by atoms with Crippen molar-refractivity contribution in [1.29, 1.82) is 0 Å². The van der Waals surface area contributed by atoms with Crippen LogP contribution in [0.3, 0.4) is 0 Å². The Labute approximate surface area is 141 Å². The fourth-order valence-corrected chi connectivity index (χ4v) is 2.09. The van der Waals surface area contributed by atoms with E-state index >= 15 is 0 Å². The number of hydrogen-bond acceptors (Lipinski definition) is 8. The van der Waals surface area contributed by atoms with Gasteiger partial charge in [-0.05, 0) is 18.4 Å². The number of aliphatic carboxylic acids is 2. The van der Waals surface area contributed by atoms with E-state index in [0.29, 0.717) is 12.2 Å². The summed E-state index contributed by atoms with van der Waals surface area (Å²) in [5.41, 5.74) is 5.88. The first-order valence-corrected chi connectivity index (χ1v) is 8.28. The van der Waals surface area contributed by atoms with Crippen LogP contribution in [0.5, 0.6) is 0 Å². The number of nitrogens with one attached hydrogen (secondary N) is 2. The van der Waals surface area contributed by atoms with E-state index in [2.05, 4.69) is 15.5 Å². The van der Waals surface area contributed by atoms with Crippen LogP contribution in [0.2, 0.25) is 0 Å². The first-order valence-electron chi connectivity index (χ1n) is 6.89. The van der Waals surface area contributed by atoms with Crippen molar-refractivity contribution >= 4 is 29.7 Å². The minimum Gasteiger partial charge on any atom is -0.481 e. The first kappa shape index (κ1) is 19.7. The van der Waals surface area contributed by atoms with Gasteiger partial charge in [0.25, 0.3) is 0 Å². The number of nitrogens with two attached hydrogens (primary N) is 1. The minimum atomic E-state index is -1.54. The van der Waals surface area contributed by atoms with Gasteiger partial charge in [0, 0.05) is 0 Å². The summed E-state index contributed by atoms with van der Waals surface area (Å²) < 4.78 is 4.93. The number of hydrogen-bond donors (Lipinski definition) is 5. The van der Waals surface area contributed by atoms with Crippen molar-refractivity contribution in [3.05, 3.63) is 11.7 Å². The Morgan fingerprint density at radius 3 is 2.67 bits per heavy atom. The van der Waals surface area contributed by atoms with Gasteiger partial charge in [-0.1, -0.05) is 5.16 Å².